The summed E-state index contributed by atoms with van der Waals surface area (Å²) in [5.74, 6) is 0.291. The summed E-state index contributed by atoms with van der Waals surface area (Å²) in [6.07, 6.45) is 0. The van der Waals surface area contributed by atoms with E-state index in [0.29, 0.717) is 5.75 Å². The third-order valence-electron chi connectivity index (χ3n) is 6.23. The van der Waals surface area contributed by atoms with Crippen LogP contribution in [0, 0.1) is 20.8 Å². The molecule has 1 N–H and O–H groups in total. The Morgan fingerprint density at radius 2 is 0.931 bits per heavy atom. The molecule has 0 aromatic heterocycles. The van der Waals surface area contributed by atoms with E-state index < -0.39 is 5.41 Å². The number of hydrogen-bond donors (Lipinski definition) is 1. The lowest BCUT2D eigenvalue weighted by atomic mass is 9.67. The molecule has 0 fully saturated rings. The van der Waals surface area contributed by atoms with Crippen molar-refractivity contribution in [1.29, 1.82) is 0 Å². The van der Waals surface area contributed by atoms with Gasteiger partial charge in [0.25, 0.3) is 0 Å². The molecular formula is C28H24O. The van der Waals surface area contributed by atoms with Crippen LogP contribution in [0.3, 0.4) is 0 Å². The van der Waals surface area contributed by atoms with E-state index in [4.69, 9.17) is 0 Å². The molecule has 0 amide bonds. The van der Waals surface area contributed by atoms with Crippen LogP contribution >= 0.6 is 0 Å². The standard InChI is InChI=1S/C28H24O/c1-18-4-8-21(9-5-18)28(22-10-12-23(29)13-11-22)26-14-6-19(2)16-24(26)25-17-20(3)7-15-27(25)28/h4-17,29H,1-3H3. The van der Waals surface area contributed by atoms with Crippen molar-refractivity contribution in [3.8, 4) is 16.9 Å². The Balaban J connectivity index is 1.95. The first-order valence-corrected chi connectivity index (χ1v) is 10.1. The fourth-order valence-electron chi connectivity index (χ4n) is 4.86. The summed E-state index contributed by atoms with van der Waals surface area (Å²) in [5.41, 5.74) is 11.0. The zero-order valence-electron chi connectivity index (χ0n) is 17.0. The Kier molecular flexibility index (Phi) is 3.89. The predicted octanol–water partition coefficient (Wildman–Crippen LogP) is 6.68. The van der Waals surface area contributed by atoms with Gasteiger partial charge in [0.1, 0.15) is 5.75 Å². The van der Waals surface area contributed by atoms with Crippen molar-refractivity contribution >= 4 is 0 Å². The molecule has 1 aliphatic carbocycles. The fraction of sp³-hybridized carbons (Fsp3) is 0.143. The van der Waals surface area contributed by atoms with E-state index in [1.165, 1.54) is 50.1 Å². The van der Waals surface area contributed by atoms with Crippen molar-refractivity contribution in [3.05, 3.63) is 124 Å². The Bertz CT molecular complexity index is 1120. The van der Waals surface area contributed by atoms with Gasteiger partial charge >= 0.3 is 0 Å². The summed E-state index contributed by atoms with van der Waals surface area (Å²) in [6, 6.07) is 30.2. The number of rotatable bonds is 2. The third kappa shape index (κ3) is 2.54. The van der Waals surface area contributed by atoms with Crippen molar-refractivity contribution in [2.45, 2.75) is 26.2 Å². The number of phenolic OH excluding ortho intramolecular Hbond substituents is 1. The molecule has 29 heavy (non-hydrogen) atoms. The number of hydrogen-bond acceptors (Lipinski definition) is 1. The first-order chi connectivity index (χ1) is 14.0. The molecule has 0 radical (unpaired) electrons. The molecule has 0 atom stereocenters. The monoisotopic (exact) mass is 376 g/mol. The van der Waals surface area contributed by atoms with Gasteiger partial charge in [-0.15, -0.1) is 0 Å². The molecule has 4 aromatic rings. The third-order valence-corrected chi connectivity index (χ3v) is 6.23. The van der Waals surface area contributed by atoms with Crippen molar-refractivity contribution in [3.63, 3.8) is 0 Å². The number of benzene rings is 4. The Morgan fingerprint density at radius 3 is 1.41 bits per heavy atom. The van der Waals surface area contributed by atoms with Gasteiger partial charge in [0.05, 0.1) is 5.41 Å². The lowest BCUT2D eigenvalue weighted by molar-refractivity contribution is 0.475. The van der Waals surface area contributed by atoms with Crippen LogP contribution < -0.4 is 0 Å². The molecule has 0 saturated carbocycles. The smallest absolute Gasteiger partial charge is 0.115 e. The summed E-state index contributed by atoms with van der Waals surface area (Å²) >= 11 is 0. The van der Waals surface area contributed by atoms with Crippen molar-refractivity contribution in [2.24, 2.45) is 0 Å². The largest absolute Gasteiger partial charge is 0.508 e. The van der Waals surface area contributed by atoms with E-state index in [9.17, 15) is 5.11 Å². The van der Waals surface area contributed by atoms with Crippen LogP contribution in [0.2, 0.25) is 0 Å². The highest BCUT2D eigenvalue weighted by atomic mass is 16.3. The molecular weight excluding hydrogens is 352 g/mol. The van der Waals surface area contributed by atoms with Crippen LogP contribution in [0.25, 0.3) is 11.1 Å². The molecule has 0 heterocycles. The molecule has 0 spiro atoms. The van der Waals surface area contributed by atoms with Gasteiger partial charge < -0.3 is 5.11 Å². The molecule has 142 valence electrons. The van der Waals surface area contributed by atoms with Gasteiger partial charge in [-0.1, -0.05) is 89.5 Å². The van der Waals surface area contributed by atoms with Gasteiger partial charge in [0, 0.05) is 0 Å². The number of phenols is 1. The van der Waals surface area contributed by atoms with Gasteiger partial charge in [-0.3, -0.25) is 0 Å². The van der Waals surface area contributed by atoms with E-state index in [-0.39, 0.29) is 0 Å². The summed E-state index contributed by atoms with van der Waals surface area (Å²) < 4.78 is 0. The maximum Gasteiger partial charge on any atom is 0.115 e. The summed E-state index contributed by atoms with van der Waals surface area (Å²) in [5, 5.41) is 9.95. The first kappa shape index (κ1) is 17.8. The van der Waals surface area contributed by atoms with Crippen molar-refractivity contribution < 1.29 is 5.11 Å². The van der Waals surface area contributed by atoms with Gasteiger partial charge in [-0.2, -0.15) is 0 Å². The Morgan fingerprint density at radius 1 is 0.517 bits per heavy atom. The molecule has 0 bridgehead atoms. The van der Waals surface area contributed by atoms with E-state index in [1.54, 1.807) is 12.1 Å². The van der Waals surface area contributed by atoms with Crippen LogP contribution in [-0.4, -0.2) is 5.11 Å². The lowest BCUT2D eigenvalue weighted by Gasteiger charge is -2.34. The summed E-state index contributed by atoms with van der Waals surface area (Å²) in [4.78, 5) is 0. The summed E-state index contributed by atoms with van der Waals surface area (Å²) in [7, 11) is 0. The van der Waals surface area contributed by atoms with Gasteiger partial charge in [0.2, 0.25) is 0 Å². The zero-order valence-corrected chi connectivity index (χ0v) is 17.0. The van der Waals surface area contributed by atoms with Crippen molar-refractivity contribution in [1.82, 2.24) is 0 Å². The molecule has 1 aliphatic rings. The second-order valence-electron chi connectivity index (χ2n) is 8.26. The highest BCUT2D eigenvalue weighted by molar-refractivity contribution is 5.87. The van der Waals surface area contributed by atoms with Gasteiger partial charge in [0.15, 0.2) is 0 Å². The Hall–Kier alpha value is -3.32. The number of aromatic hydroxyl groups is 1. The lowest BCUT2D eigenvalue weighted by Crippen LogP contribution is -2.28. The second-order valence-corrected chi connectivity index (χ2v) is 8.26. The normalized spacial score (nSPS) is 13.8. The molecule has 1 heteroatoms. The first-order valence-electron chi connectivity index (χ1n) is 10.1. The minimum Gasteiger partial charge on any atom is -0.508 e. The van der Waals surface area contributed by atoms with E-state index in [1.807, 2.05) is 0 Å². The van der Waals surface area contributed by atoms with Crippen molar-refractivity contribution in [2.75, 3.05) is 0 Å². The quantitative estimate of drug-likeness (QED) is 0.364. The maximum absolute atomic E-state index is 9.95. The molecule has 5 rings (SSSR count). The summed E-state index contributed by atoms with van der Waals surface area (Å²) in [6.45, 7) is 6.44. The molecule has 0 unspecified atom stereocenters. The highest BCUT2D eigenvalue weighted by Crippen LogP contribution is 2.56. The minimum absolute atomic E-state index is 0.291. The fourth-order valence-corrected chi connectivity index (χ4v) is 4.86. The number of fused-ring (bicyclic) bond motifs is 3. The molecule has 1 nitrogen and oxygen atoms in total. The van der Waals surface area contributed by atoms with Gasteiger partial charge in [-0.05, 0) is 66.3 Å². The SMILES string of the molecule is Cc1ccc(C2(c3ccc(O)cc3)c3ccc(C)cc3-c3cc(C)ccc32)cc1. The topological polar surface area (TPSA) is 20.2 Å². The molecule has 0 aliphatic heterocycles. The highest BCUT2D eigenvalue weighted by Gasteiger charge is 2.46. The predicted molar refractivity (Wildman–Crippen MR) is 120 cm³/mol. The Labute approximate surface area is 172 Å². The van der Waals surface area contributed by atoms with Crippen LogP contribution in [0.15, 0.2) is 84.9 Å². The van der Waals surface area contributed by atoms with E-state index >= 15 is 0 Å². The van der Waals surface area contributed by atoms with Gasteiger partial charge in [-0.25, -0.2) is 0 Å². The van der Waals surface area contributed by atoms with E-state index in [0.717, 1.165) is 0 Å². The maximum atomic E-state index is 9.95. The van der Waals surface area contributed by atoms with Crippen LogP contribution in [0.5, 0.6) is 5.75 Å². The van der Waals surface area contributed by atoms with Crippen LogP contribution in [0.1, 0.15) is 38.9 Å². The minimum atomic E-state index is -0.395. The average molecular weight is 376 g/mol. The molecule has 4 aromatic carbocycles. The average Bonchev–Trinajstić information content (AvgIpc) is 2.99. The molecule has 0 saturated heterocycles. The van der Waals surface area contributed by atoms with Crippen LogP contribution in [0.4, 0.5) is 0 Å². The van der Waals surface area contributed by atoms with E-state index in [2.05, 4.69) is 93.6 Å². The second kappa shape index (κ2) is 6.35. The zero-order chi connectivity index (χ0) is 20.2. The van der Waals surface area contributed by atoms with Crippen LogP contribution in [-0.2, 0) is 5.41 Å². The number of aryl methyl sites for hydroxylation is 3.